The Morgan fingerprint density at radius 3 is 2.46 bits per heavy atom. The minimum atomic E-state index is -0.607. The molecule has 0 aliphatic heterocycles. The second-order valence-electron chi connectivity index (χ2n) is 9.40. The molecule has 9 heteroatoms. The summed E-state index contributed by atoms with van der Waals surface area (Å²) in [6.45, 7) is 9.38. The molecule has 182 valence electrons. The number of aromatic nitrogens is 3. The van der Waals surface area contributed by atoms with Gasteiger partial charge in [0.1, 0.15) is 16.9 Å². The summed E-state index contributed by atoms with van der Waals surface area (Å²) in [5, 5.41) is 3.19. The van der Waals surface area contributed by atoms with E-state index in [9.17, 15) is 9.59 Å². The van der Waals surface area contributed by atoms with Crippen LogP contribution in [0.1, 0.15) is 45.1 Å². The van der Waals surface area contributed by atoms with Gasteiger partial charge in [-0.05, 0) is 46.2 Å². The molecular formula is C26H29N5O3S. The minimum Gasteiger partial charge on any atom is -0.443 e. The van der Waals surface area contributed by atoms with Crippen molar-refractivity contribution in [3.63, 3.8) is 0 Å². The number of benzene rings is 1. The zero-order valence-electron chi connectivity index (χ0n) is 20.7. The average Bonchev–Trinajstić information content (AvgIpc) is 3.44. The first kappa shape index (κ1) is 24.4. The quantitative estimate of drug-likeness (QED) is 0.391. The van der Waals surface area contributed by atoms with Crippen molar-refractivity contribution in [2.24, 2.45) is 0 Å². The van der Waals surface area contributed by atoms with Gasteiger partial charge in [-0.2, -0.15) is 0 Å². The Labute approximate surface area is 208 Å². The third-order valence-electron chi connectivity index (χ3n) is 5.19. The van der Waals surface area contributed by atoms with Crippen LogP contribution in [0.15, 0.2) is 55.0 Å². The number of anilines is 1. The highest BCUT2D eigenvalue weighted by Crippen LogP contribution is 2.36. The van der Waals surface area contributed by atoms with E-state index in [0.717, 1.165) is 21.6 Å². The standard InChI is InChI=1S/C26H29N5O3S/c1-16(2)31(25(33)34-26(3,4)5)24-28-13-21(35-24)18-12-19(17-10-8-7-9-11-17)22-29-20(23(32)27-6)15-30(22)14-18/h7-16H,1-6H3,(H,27,32). The molecule has 35 heavy (non-hydrogen) atoms. The number of thiazole rings is 1. The molecule has 2 amide bonds. The summed E-state index contributed by atoms with van der Waals surface area (Å²) in [5.41, 5.74) is 3.18. The number of ether oxygens (including phenoxy) is 1. The van der Waals surface area contributed by atoms with Gasteiger partial charge in [0.15, 0.2) is 5.13 Å². The fraction of sp³-hybridized carbons (Fsp3) is 0.308. The maximum absolute atomic E-state index is 12.9. The lowest BCUT2D eigenvalue weighted by Gasteiger charge is -2.28. The molecule has 0 unspecified atom stereocenters. The van der Waals surface area contributed by atoms with E-state index in [-0.39, 0.29) is 11.9 Å². The van der Waals surface area contributed by atoms with Crippen LogP contribution in [0.2, 0.25) is 0 Å². The number of amides is 2. The van der Waals surface area contributed by atoms with Crippen molar-refractivity contribution in [3.05, 3.63) is 60.7 Å². The van der Waals surface area contributed by atoms with Crippen molar-refractivity contribution in [2.75, 3.05) is 11.9 Å². The third-order valence-corrected chi connectivity index (χ3v) is 6.23. The first-order valence-electron chi connectivity index (χ1n) is 11.4. The molecule has 3 aromatic heterocycles. The summed E-state index contributed by atoms with van der Waals surface area (Å²) in [5.74, 6) is -0.251. The number of hydrogen-bond donors (Lipinski definition) is 1. The Bertz CT molecular complexity index is 1370. The van der Waals surface area contributed by atoms with E-state index in [1.807, 2.05) is 81.6 Å². The summed E-state index contributed by atoms with van der Waals surface area (Å²) in [6.07, 6.45) is 4.96. The van der Waals surface area contributed by atoms with Crippen molar-refractivity contribution in [1.82, 2.24) is 19.7 Å². The zero-order valence-corrected chi connectivity index (χ0v) is 21.5. The molecule has 0 spiro atoms. The molecular weight excluding hydrogens is 462 g/mol. The van der Waals surface area contributed by atoms with Crippen molar-refractivity contribution >= 4 is 34.1 Å². The molecule has 0 radical (unpaired) electrons. The average molecular weight is 492 g/mol. The number of nitrogens with zero attached hydrogens (tertiary/aromatic N) is 4. The lowest BCUT2D eigenvalue weighted by Crippen LogP contribution is -2.41. The van der Waals surface area contributed by atoms with Gasteiger partial charge in [0, 0.05) is 42.8 Å². The van der Waals surface area contributed by atoms with Crippen LogP contribution in [0, 0.1) is 0 Å². The molecule has 0 bridgehead atoms. The molecule has 8 nitrogen and oxygen atoms in total. The van der Waals surface area contributed by atoms with Crippen molar-refractivity contribution in [1.29, 1.82) is 0 Å². The van der Waals surface area contributed by atoms with Gasteiger partial charge in [0.2, 0.25) is 0 Å². The highest BCUT2D eigenvalue weighted by atomic mass is 32.1. The molecule has 0 aliphatic carbocycles. The summed E-state index contributed by atoms with van der Waals surface area (Å²) in [7, 11) is 1.58. The van der Waals surface area contributed by atoms with Crippen LogP contribution in [-0.2, 0) is 4.74 Å². The number of imidazole rings is 1. The number of pyridine rings is 1. The number of hydrogen-bond acceptors (Lipinski definition) is 6. The lowest BCUT2D eigenvalue weighted by molar-refractivity contribution is 0.0570. The predicted octanol–water partition coefficient (Wildman–Crippen LogP) is 5.63. The summed E-state index contributed by atoms with van der Waals surface area (Å²) >= 11 is 1.41. The SMILES string of the molecule is CNC(=O)c1cn2cc(-c3cnc(N(C(=O)OC(C)(C)C)C(C)C)s3)cc(-c3ccccc3)c2n1. The van der Waals surface area contributed by atoms with E-state index < -0.39 is 11.7 Å². The zero-order chi connectivity index (χ0) is 25.3. The van der Waals surface area contributed by atoms with Crippen LogP contribution < -0.4 is 10.2 Å². The van der Waals surface area contributed by atoms with Gasteiger partial charge in [-0.15, -0.1) is 0 Å². The first-order valence-corrected chi connectivity index (χ1v) is 12.2. The topological polar surface area (TPSA) is 88.8 Å². The van der Waals surface area contributed by atoms with Crippen molar-refractivity contribution in [2.45, 2.75) is 46.3 Å². The normalized spacial score (nSPS) is 11.6. The van der Waals surface area contributed by atoms with E-state index >= 15 is 0 Å². The smallest absolute Gasteiger partial charge is 0.416 e. The Kier molecular flexibility index (Phi) is 6.62. The monoisotopic (exact) mass is 491 g/mol. The van der Waals surface area contributed by atoms with Gasteiger partial charge < -0.3 is 14.5 Å². The summed E-state index contributed by atoms with van der Waals surface area (Å²) < 4.78 is 7.46. The van der Waals surface area contributed by atoms with Crippen LogP contribution in [0.25, 0.3) is 27.2 Å². The summed E-state index contributed by atoms with van der Waals surface area (Å²) in [6, 6.07) is 11.8. The number of nitrogens with one attached hydrogen (secondary N) is 1. The third kappa shape index (κ3) is 5.19. The van der Waals surface area contributed by atoms with E-state index in [0.29, 0.717) is 16.5 Å². The fourth-order valence-corrected chi connectivity index (χ4v) is 4.65. The molecule has 0 saturated carbocycles. The Hall–Kier alpha value is -3.72. The number of carbonyl (C=O) groups excluding carboxylic acids is 2. The lowest BCUT2D eigenvalue weighted by atomic mass is 10.0. The number of carbonyl (C=O) groups is 2. The van der Waals surface area contributed by atoms with Crippen LogP contribution in [0.3, 0.4) is 0 Å². The highest BCUT2D eigenvalue weighted by molar-refractivity contribution is 7.19. The Morgan fingerprint density at radius 2 is 1.83 bits per heavy atom. The van der Waals surface area contributed by atoms with Crippen LogP contribution in [0.5, 0.6) is 0 Å². The largest absolute Gasteiger partial charge is 0.443 e. The van der Waals surface area contributed by atoms with Gasteiger partial charge in [-0.25, -0.2) is 14.8 Å². The molecule has 0 atom stereocenters. The van der Waals surface area contributed by atoms with Gasteiger partial charge >= 0.3 is 6.09 Å². The molecule has 0 saturated heterocycles. The molecule has 4 aromatic rings. The van der Waals surface area contributed by atoms with E-state index in [1.165, 1.54) is 11.3 Å². The second kappa shape index (κ2) is 9.50. The molecule has 4 rings (SSSR count). The molecule has 0 aliphatic rings. The van der Waals surface area contributed by atoms with Gasteiger partial charge in [0.05, 0.1) is 4.88 Å². The van der Waals surface area contributed by atoms with E-state index in [4.69, 9.17) is 4.74 Å². The van der Waals surface area contributed by atoms with E-state index in [2.05, 4.69) is 15.3 Å². The van der Waals surface area contributed by atoms with Crippen LogP contribution >= 0.6 is 11.3 Å². The molecule has 1 aromatic carbocycles. The second-order valence-corrected chi connectivity index (χ2v) is 10.4. The van der Waals surface area contributed by atoms with E-state index in [1.54, 1.807) is 24.3 Å². The van der Waals surface area contributed by atoms with Crippen LogP contribution in [0.4, 0.5) is 9.93 Å². The molecule has 3 heterocycles. The van der Waals surface area contributed by atoms with Gasteiger partial charge in [0.25, 0.3) is 5.91 Å². The minimum absolute atomic E-state index is 0.130. The number of fused-ring (bicyclic) bond motifs is 1. The van der Waals surface area contributed by atoms with Crippen molar-refractivity contribution < 1.29 is 14.3 Å². The van der Waals surface area contributed by atoms with Crippen molar-refractivity contribution in [3.8, 4) is 21.6 Å². The molecule has 1 N–H and O–H groups in total. The van der Waals surface area contributed by atoms with Gasteiger partial charge in [-0.3, -0.25) is 9.69 Å². The maximum atomic E-state index is 12.9. The van der Waals surface area contributed by atoms with Gasteiger partial charge in [-0.1, -0.05) is 41.7 Å². The Balaban J connectivity index is 1.80. The first-order chi connectivity index (χ1) is 16.6. The fourth-order valence-electron chi connectivity index (χ4n) is 3.63. The predicted molar refractivity (Wildman–Crippen MR) is 139 cm³/mol. The number of rotatable bonds is 5. The Morgan fingerprint density at radius 1 is 1.11 bits per heavy atom. The summed E-state index contributed by atoms with van der Waals surface area (Å²) in [4.78, 5) is 36.7. The van der Waals surface area contributed by atoms with Crippen LogP contribution in [-0.4, -0.2) is 45.1 Å². The highest BCUT2D eigenvalue weighted by Gasteiger charge is 2.28. The molecule has 0 fully saturated rings. The maximum Gasteiger partial charge on any atom is 0.416 e.